The fraction of sp³-hybridized carbons (Fsp3) is 0.273. The number of hydrogen-bond acceptors (Lipinski definition) is 4. The molecule has 2 aromatic carbocycles. The highest BCUT2D eigenvalue weighted by Gasteiger charge is 2.27. The van der Waals surface area contributed by atoms with Gasteiger partial charge in [0.2, 0.25) is 0 Å². The number of halogens is 3. The van der Waals surface area contributed by atoms with Gasteiger partial charge in [0.25, 0.3) is 5.91 Å². The predicted molar refractivity (Wildman–Crippen MR) is 109 cm³/mol. The van der Waals surface area contributed by atoms with Crippen LogP contribution in [0.25, 0.3) is 0 Å². The first-order valence-electron chi connectivity index (χ1n) is 9.61. The largest absolute Gasteiger partial charge is 0.471 e. The number of alkyl halides is 3. The van der Waals surface area contributed by atoms with Crippen molar-refractivity contribution in [3.05, 3.63) is 77.6 Å². The van der Waals surface area contributed by atoms with Gasteiger partial charge in [-0.05, 0) is 41.8 Å². The first kappa shape index (κ1) is 22.4. The highest BCUT2D eigenvalue weighted by atomic mass is 19.4. The van der Waals surface area contributed by atoms with Gasteiger partial charge in [-0.1, -0.05) is 31.2 Å². The molecule has 6 nitrogen and oxygen atoms in total. The van der Waals surface area contributed by atoms with Crippen LogP contribution in [0.5, 0.6) is 5.75 Å². The standard InChI is InChI=1S/C22H22F3N3O3/c1-2-16-6-8-20(9-7-16)31-15-28-12-19(11-26-28)27-21(29)18-5-3-4-17(10-18)13-30-14-22(23,24)25/h3-12H,2,13-15H2,1H3,(H,27,29). The Balaban J connectivity index is 1.52. The van der Waals surface area contributed by atoms with Gasteiger partial charge in [-0.3, -0.25) is 4.79 Å². The van der Waals surface area contributed by atoms with Crippen molar-refractivity contribution in [3.8, 4) is 5.75 Å². The summed E-state index contributed by atoms with van der Waals surface area (Å²) in [5.41, 5.74) is 2.45. The van der Waals surface area contributed by atoms with E-state index >= 15 is 0 Å². The van der Waals surface area contributed by atoms with E-state index in [1.807, 2.05) is 24.3 Å². The van der Waals surface area contributed by atoms with E-state index in [0.29, 0.717) is 22.6 Å². The first-order chi connectivity index (χ1) is 14.8. The fourth-order valence-corrected chi connectivity index (χ4v) is 2.75. The van der Waals surface area contributed by atoms with Gasteiger partial charge in [-0.2, -0.15) is 18.3 Å². The van der Waals surface area contributed by atoms with Crippen molar-refractivity contribution in [2.45, 2.75) is 32.9 Å². The van der Waals surface area contributed by atoms with Gasteiger partial charge in [-0.15, -0.1) is 0 Å². The van der Waals surface area contributed by atoms with Crippen LogP contribution in [0.3, 0.4) is 0 Å². The van der Waals surface area contributed by atoms with E-state index < -0.39 is 18.7 Å². The Morgan fingerprint density at radius 2 is 1.90 bits per heavy atom. The van der Waals surface area contributed by atoms with Crippen LogP contribution < -0.4 is 10.1 Å². The summed E-state index contributed by atoms with van der Waals surface area (Å²) in [5, 5.41) is 6.84. The number of anilines is 1. The average Bonchev–Trinajstić information content (AvgIpc) is 3.19. The van der Waals surface area contributed by atoms with Gasteiger partial charge in [0.1, 0.15) is 12.4 Å². The summed E-state index contributed by atoms with van der Waals surface area (Å²) in [6, 6.07) is 14.0. The molecule has 0 aliphatic heterocycles. The first-order valence-corrected chi connectivity index (χ1v) is 9.61. The average molecular weight is 433 g/mol. The smallest absolute Gasteiger partial charge is 0.411 e. The summed E-state index contributed by atoms with van der Waals surface area (Å²) >= 11 is 0. The zero-order chi connectivity index (χ0) is 22.3. The Bertz CT molecular complexity index is 1000. The lowest BCUT2D eigenvalue weighted by atomic mass is 10.1. The second-order valence-corrected chi connectivity index (χ2v) is 6.80. The number of nitrogens with zero attached hydrogens (tertiary/aromatic N) is 2. The van der Waals surface area contributed by atoms with Gasteiger partial charge < -0.3 is 14.8 Å². The van der Waals surface area contributed by atoms with Crippen molar-refractivity contribution < 1.29 is 27.4 Å². The van der Waals surface area contributed by atoms with E-state index in [9.17, 15) is 18.0 Å². The Morgan fingerprint density at radius 3 is 2.61 bits per heavy atom. The van der Waals surface area contributed by atoms with Crippen molar-refractivity contribution >= 4 is 11.6 Å². The molecule has 31 heavy (non-hydrogen) atoms. The van der Waals surface area contributed by atoms with E-state index in [0.717, 1.165) is 6.42 Å². The third kappa shape index (κ3) is 7.14. The summed E-state index contributed by atoms with van der Waals surface area (Å²) in [6.45, 7) is 0.670. The van der Waals surface area contributed by atoms with Crippen LogP contribution in [-0.2, 0) is 24.5 Å². The molecule has 0 bridgehead atoms. The summed E-state index contributed by atoms with van der Waals surface area (Å²) < 4.78 is 48.4. The number of amides is 1. The number of carbonyl (C=O) groups excluding carboxylic acids is 1. The molecule has 3 aromatic rings. The molecule has 1 amide bonds. The monoisotopic (exact) mass is 433 g/mol. The lowest BCUT2D eigenvalue weighted by Gasteiger charge is -2.09. The highest BCUT2D eigenvalue weighted by molar-refractivity contribution is 6.04. The van der Waals surface area contributed by atoms with E-state index in [1.54, 1.807) is 24.4 Å². The number of aryl methyl sites for hydroxylation is 1. The van der Waals surface area contributed by atoms with Crippen molar-refractivity contribution in [2.75, 3.05) is 11.9 Å². The lowest BCUT2D eigenvalue weighted by Crippen LogP contribution is -2.17. The number of rotatable bonds is 9. The summed E-state index contributed by atoms with van der Waals surface area (Å²) in [6.07, 6.45) is -0.337. The molecule has 0 aliphatic rings. The third-order valence-corrected chi connectivity index (χ3v) is 4.31. The molecule has 0 aliphatic carbocycles. The van der Waals surface area contributed by atoms with Gasteiger partial charge in [0, 0.05) is 5.56 Å². The fourth-order valence-electron chi connectivity index (χ4n) is 2.75. The van der Waals surface area contributed by atoms with E-state index in [2.05, 4.69) is 22.1 Å². The number of aromatic nitrogens is 2. The minimum absolute atomic E-state index is 0.174. The quantitative estimate of drug-likeness (QED) is 0.526. The number of benzene rings is 2. The molecular weight excluding hydrogens is 411 g/mol. The van der Waals surface area contributed by atoms with Crippen LogP contribution in [0.2, 0.25) is 0 Å². The molecule has 0 spiro atoms. The Labute approximate surface area is 177 Å². The number of hydrogen-bond donors (Lipinski definition) is 1. The second-order valence-electron chi connectivity index (χ2n) is 6.80. The van der Waals surface area contributed by atoms with Crippen LogP contribution in [0.15, 0.2) is 60.9 Å². The molecule has 0 saturated carbocycles. The van der Waals surface area contributed by atoms with E-state index in [4.69, 9.17) is 4.74 Å². The van der Waals surface area contributed by atoms with Crippen molar-refractivity contribution in [3.63, 3.8) is 0 Å². The Hall–Kier alpha value is -3.33. The molecule has 9 heteroatoms. The summed E-state index contributed by atoms with van der Waals surface area (Å²) in [4.78, 5) is 12.4. The van der Waals surface area contributed by atoms with E-state index in [1.165, 1.54) is 22.5 Å². The molecule has 0 unspecified atom stereocenters. The highest BCUT2D eigenvalue weighted by Crippen LogP contribution is 2.17. The zero-order valence-corrected chi connectivity index (χ0v) is 16.9. The second kappa shape index (κ2) is 10.1. The maximum Gasteiger partial charge on any atom is 0.411 e. The molecule has 0 saturated heterocycles. The normalized spacial score (nSPS) is 11.4. The number of ether oxygens (including phenoxy) is 2. The number of nitrogens with one attached hydrogen (secondary N) is 1. The molecule has 0 fully saturated rings. The predicted octanol–water partition coefficient (Wildman–Crippen LogP) is 4.81. The molecule has 1 N–H and O–H groups in total. The van der Waals surface area contributed by atoms with Crippen molar-refractivity contribution in [2.24, 2.45) is 0 Å². The maximum atomic E-state index is 12.4. The summed E-state index contributed by atoms with van der Waals surface area (Å²) in [5.74, 6) is 0.302. The molecular formula is C22H22F3N3O3. The minimum Gasteiger partial charge on any atom is -0.471 e. The van der Waals surface area contributed by atoms with Gasteiger partial charge in [-0.25, -0.2) is 4.68 Å². The maximum absolute atomic E-state index is 12.4. The van der Waals surface area contributed by atoms with Crippen molar-refractivity contribution in [1.82, 2.24) is 9.78 Å². The zero-order valence-electron chi connectivity index (χ0n) is 16.9. The Morgan fingerprint density at radius 1 is 1.13 bits per heavy atom. The van der Waals surface area contributed by atoms with E-state index in [-0.39, 0.29) is 13.3 Å². The van der Waals surface area contributed by atoms with Crippen LogP contribution in [0.4, 0.5) is 18.9 Å². The van der Waals surface area contributed by atoms with Crippen LogP contribution in [0, 0.1) is 0 Å². The summed E-state index contributed by atoms with van der Waals surface area (Å²) in [7, 11) is 0. The topological polar surface area (TPSA) is 65.4 Å². The van der Waals surface area contributed by atoms with Gasteiger partial charge in [0.15, 0.2) is 6.73 Å². The molecule has 1 heterocycles. The molecule has 0 radical (unpaired) electrons. The Kier molecular flexibility index (Phi) is 7.30. The van der Waals surface area contributed by atoms with Crippen LogP contribution in [-0.4, -0.2) is 28.5 Å². The van der Waals surface area contributed by atoms with Crippen LogP contribution >= 0.6 is 0 Å². The number of carbonyl (C=O) groups is 1. The molecule has 3 rings (SSSR count). The minimum atomic E-state index is -4.39. The SMILES string of the molecule is CCc1ccc(OCn2cc(NC(=O)c3cccc(COCC(F)(F)F)c3)cn2)cc1. The van der Waals surface area contributed by atoms with Crippen LogP contribution in [0.1, 0.15) is 28.4 Å². The van der Waals surface area contributed by atoms with Crippen molar-refractivity contribution in [1.29, 1.82) is 0 Å². The lowest BCUT2D eigenvalue weighted by molar-refractivity contribution is -0.176. The molecule has 1 aromatic heterocycles. The van der Waals surface area contributed by atoms with Gasteiger partial charge >= 0.3 is 6.18 Å². The molecule has 0 atom stereocenters. The van der Waals surface area contributed by atoms with Gasteiger partial charge in [0.05, 0.1) is 24.7 Å². The molecule has 164 valence electrons. The third-order valence-electron chi connectivity index (χ3n) is 4.31.